The number of halogens is 2. The minimum Gasteiger partial charge on any atom is -0.494 e. The number of carbonyl (C=O) groups excluding carboxylic acids is 1. The largest absolute Gasteiger partial charge is 0.494 e. The van der Waals surface area contributed by atoms with Crippen molar-refractivity contribution in [3.63, 3.8) is 0 Å². The molecule has 1 aliphatic heterocycles. The van der Waals surface area contributed by atoms with Gasteiger partial charge >= 0.3 is 0 Å². The fraction of sp³-hybridized carbons (Fsp3) is 0.350. The van der Waals surface area contributed by atoms with Crippen molar-refractivity contribution in [3.8, 4) is 5.75 Å². The monoisotopic (exact) mass is 378 g/mol. The van der Waals surface area contributed by atoms with Crippen LogP contribution in [0.3, 0.4) is 0 Å². The maximum atomic E-state index is 13.5. The van der Waals surface area contributed by atoms with Crippen LogP contribution >= 0.6 is 12.4 Å². The number of hydrogen-bond acceptors (Lipinski definition) is 3. The minimum absolute atomic E-state index is 0. The van der Waals surface area contributed by atoms with E-state index in [9.17, 15) is 9.18 Å². The van der Waals surface area contributed by atoms with Crippen molar-refractivity contribution < 1.29 is 13.9 Å². The van der Waals surface area contributed by atoms with Gasteiger partial charge in [0.1, 0.15) is 11.6 Å². The van der Waals surface area contributed by atoms with Crippen LogP contribution in [0.5, 0.6) is 5.75 Å². The van der Waals surface area contributed by atoms with E-state index >= 15 is 0 Å². The molecule has 2 aromatic carbocycles. The summed E-state index contributed by atoms with van der Waals surface area (Å²) in [6.45, 7) is 2.56. The quantitative estimate of drug-likeness (QED) is 0.781. The molecule has 1 N–H and O–H groups in total. The number of piperazine rings is 1. The van der Waals surface area contributed by atoms with Crippen LogP contribution in [0.1, 0.15) is 24.4 Å². The van der Waals surface area contributed by atoms with E-state index in [0.717, 1.165) is 17.9 Å². The summed E-state index contributed by atoms with van der Waals surface area (Å²) in [5.41, 5.74) is 0.834. The Labute approximate surface area is 159 Å². The van der Waals surface area contributed by atoms with Crippen LogP contribution in [-0.2, 0) is 4.79 Å². The van der Waals surface area contributed by atoms with Crippen LogP contribution < -0.4 is 10.1 Å². The lowest BCUT2D eigenvalue weighted by molar-refractivity contribution is -0.134. The van der Waals surface area contributed by atoms with E-state index in [1.54, 1.807) is 6.07 Å². The van der Waals surface area contributed by atoms with Gasteiger partial charge in [0, 0.05) is 26.1 Å². The first-order valence-electron chi connectivity index (χ1n) is 8.67. The Balaban J connectivity index is 0.00000243. The van der Waals surface area contributed by atoms with Crippen LogP contribution in [-0.4, -0.2) is 37.0 Å². The maximum absolute atomic E-state index is 13.5. The third-order valence-corrected chi connectivity index (χ3v) is 4.34. The average Bonchev–Trinajstić information content (AvgIpc) is 2.66. The highest BCUT2D eigenvalue weighted by Crippen LogP contribution is 2.24. The number of ether oxygens (including phenoxy) is 1. The summed E-state index contributed by atoms with van der Waals surface area (Å²) < 4.78 is 19.2. The SMILES string of the molecule is Cl.O=C(CCCOc1ccccc1)N1CCNCC1c1cccc(F)c1. The van der Waals surface area contributed by atoms with E-state index in [-0.39, 0.29) is 30.2 Å². The van der Waals surface area contributed by atoms with E-state index < -0.39 is 0 Å². The second kappa shape index (κ2) is 10.1. The molecule has 1 heterocycles. The lowest BCUT2D eigenvalue weighted by Gasteiger charge is -2.36. The molecular formula is C20H24ClFN2O2. The van der Waals surface area contributed by atoms with E-state index in [4.69, 9.17) is 4.74 Å². The van der Waals surface area contributed by atoms with Gasteiger partial charge in [0.2, 0.25) is 5.91 Å². The Morgan fingerprint density at radius 2 is 2.00 bits per heavy atom. The highest BCUT2D eigenvalue weighted by atomic mass is 35.5. The molecule has 1 fully saturated rings. The molecule has 1 aliphatic rings. The van der Waals surface area contributed by atoms with Crippen molar-refractivity contribution in [2.75, 3.05) is 26.2 Å². The van der Waals surface area contributed by atoms with E-state index in [1.165, 1.54) is 12.1 Å². The zero-order chi connectivity index (χ0) is 17.5. The maximum Gasteiger partial charge on any atom is 0.223 e. The second-order valence-corrected chi connectivity index (χ2v) is 6.13. The van der Waals surface area contributed by atoms with E-state index in [1.807, 2.05) is 41.3 Å². The van der Waals surface area contributed by atoms with Crippen LogP contribution in [0.15, 0.2) is 54.6 Å². The predicted molar refractivity (Wildman–Crippen MR) is 102 cm³/mol. The first kappa shape index (κ1) is 20.2. The molecule has 0 spiro atoms. The zero-order valence-electron chi connectivity index (χ0n) is 14.6. The Hall–Kier alpha value is -2.11. The van der Waals surface area contributed by atoms with Gasteiger partial charge in [-0.15, -0.1) is 12.4 Å². The fourth-order valence-corrected chi connectivity index (χ4v) is 3.09. The summed E-state index contributed by atoms with van der Waals surface area (Å²) in [6, 6.07) is 16.0. The van der Waals surface area contributed by atoms with Crippen molar-refractivity contribution in [2.24, 2.45) is 0 Å². The average molecular weight is 379 g/mol. The van der Waals surface area contributed by atoms with E-state index in [2.05, 4.69) is 5.32 Å². The summed E-state index contributed by atoms with van der Waals surface area (Å²) in [5.74, 6) is 0.633. The first-order chi connectivity index (χ1) is 12.2. The molecule has 26 heavy (non-hydrogen) atoms. The summed E-state index contributed by atoms with van der Waals surface area (Å²) in [5, 5.41) is 3.29. The fourth-order valence-electron chi connectivity index (χ4n) is 3.09. The van der Waals surface area contributed by atoms with Gasteiger partial charge in [-0.2, -0.15) is 0 Å². The zero-order valence-corrected chi connectivity index (χ0v) is 15.4. The second-order valence-electron chi connectivity index (χ2n) is 6.13. The molecule has 1 saturated heterocycles. The molecule has 0 aliphatic carbocycles. The van der Waals surface area contributed by atoms with Gasteiger partial charge in [0.15, 0.2) is 0 Å². The smallest absolute Gasteiger partial charge is 0.223 e. The molecule has 140 valence electrons. The Morgan fingerprint density at radius 3 is 2.77 bits per heavy atom. The van der Waals surface area contributed by atoms with Crippen molar-refractivity contribution >= 4 is 18.3 Å². The van der Waals surface area contributed by atoms with Crippen LogP contribution in [0.2, 0.25) is 0 Å². The molecule has 0 bridgehead atoms. The highest BCUT2D eigenvalue weighted by Gasteiger charge is 2.27. The van der Waals surface area contributed by atoms with Crippen LogP contribution in [0.25, 0.3) is 0 Å². The highest BCUT2D eigenvalue weighted by molar-refractivity contribution is 5.85. The molecule has 6 heteroatoms. The Morgan fingerprint density at radius 1 is 1.19 bits per heavy atom. The molecule has 0 saturated carbocycles. The predicted octanol–water partition coefficient (Wildman–Crippen LogP) is 3.58. The van der Waals surface area contributed by atoms with Crippen molar-refractivity contribution in [1.29, 1.82) is 0 Å². The number of hydrogen-bond donors (Lipinski definition) is 1. The lowest BCUT2D eigenvalue weighted by Crippen LogP contribution is -2.48. The Bertz CT molecular complexity index is 699. The van der Waals surface area contributed by atoms with Crippen molar-refractivity contribution in [1.82, 2.24) is 10.2 Å². The molecule has 4 nitrogen and oxygen atoms in total. The summed E-state index contributed by atoms with van der Waals surface area (Å²) in [4.78, 5) is 14.5. The molecule has 3 rings (SSSR count). The van der Waals surface area contributed by atoms with Gasteiger partial charge < -0.3 is 15.0 Å². The molecule has 2 aromatic rings. The van der Waals surface area contributed by atoms with Crippen molar-refractivity contribution in [2.45, 2.75) is 18.9 Å². The van der Waals surface area contributed by atoms with E-state index in [0.29, 0.717) is 32.5 Å². The van der Waals surface area contributed by atoms with Gasteiger partial charge in [-0.3, -0.25) is 4.79 Å². The third kappa shape index (κ3) is 5.44. The summed E-state index contributed by atoms with van der Waals surface area (Å²) in [6.07, 6.45) is 1.09. The standard InChI is InChI=1S/C20H23FN2O2.ClH/c21-17-7-4-6-16(14-17)19-15-22-11-12-23(19)20(24)10-5-13-25-18-8-2-1-3-9-18;/h1-4,6-9,14,19,22H,5,10-13,15H2;1H. The van der Waals surface area contributed by atoms with Crippen molar-refractivity contribution in [3.05, 3.63) is 66.0 Å². The summed E-state index contributed by atoms with van der Waals surface area (Å²) in [7, 11) is 0. The number of nitrogens with zero attached hydrogens (tertiary/aromatic N) is 1. The molecule has 1 atom stereocenters. The first-order valence-corrected chi connectivity index (χ1v) is 8.67. The minimum atomic E-state index is -0.272. The summed E-state index contributed by atoms with van der Waals surface area (Å²) >= 11 is 0. The van der Waals surface area contributed by atoms with Gasteiger partial charge in [-0.25, -0.2) is 4.39 Å². The molecular weight excluding hydrogens is 355 g/mol. The molecule has 0 aromatic heterocycles. The normalized spacial score (nSPS) is 16.7. The lowest BCUT2D eigenvalue weighted by atomic mass is 10.0. The van der Waals surface area contributed by atoms with Crippen LogP contribution in [0.4, 0.5) is 4.39 Å². The molecule has 0 radical (unpaired) electrons. The number of carbonyl (C=O) groups is 1. The Kier molecular flexibility index (Phi) is 7.88. The number of rotatable bonds is 6. The molecule has 1 amide bonds. The van der Waals surface area contributed by atoms with Gasteiger partial charge in [0.25, 0.3) is 0 Å². The number of para-hydroxylation sites is 1. The van der Waals surface area contributed by atoms with Gasteiger partial charge in [-0.1, -0.05) is 30.3 Å². The third-order valence-electron chi connectivity index (χ3n) is 4.34. The van der Waals surface area contributed by atoms with Gasteiger partial charge in [-0.05, 0) is 36.2 Å². The number of amides is 1. The van der Waals surface area contributed by atoms with Gasteiger partial charge in [0.05, 0.1) is 12.6 Å². The topological polar surface area (TPSA) is 41.6 Å². The van der Waals surface area contributed by atoms with Crippen LogP contribution in [0, 0.1) is 5.82 Å². The number of nitrogens with one attached hydrogen (secondary N) is 1. The number of benzene rings is 2. The molecule has 1 unspecified atom stereocenters.